The van der Waals surface area contributed by atoms with Gasteiger partial charge in [0.05, 0.1) is 5.75 Å². The molecule has 0 aliphatic heterocycles. The fourth-order valence-electron chi connectivity index (χ4n) is 0.588. The lowest BCUT2D eigenvalue weighted by Crippen LogP contribution is -2.40. The zero-order chi connectivity index (χ0) is 9.99. The molecule has 0 fully saturated rings. The van der Waals surface area contributed by atoms with Gasteiger partial charge < -0.3 is 4.90 Å². The zero-order valence-electron chi connectivity index (χ0n) is 8.03. The molecule has 0 bridgehead atoms. The van der Waals surface area contributed by atoms with E-state index in [4.69, 9.17) is 4.55 Å². The molecule has 0 aliphatic rings. The SMILES string of the molecule is CN(CCS(=O)(=O)O)C(C)(C)C. The van der Waals surface area contributed by atoms with Crippen molar-refractivity contribution in [3.8, 4) is 0 Å². The molecule has 0 aromatic heterocycles. The second-order valence-corrected chi connectivity index (χ2v) is 5.45. The Labute approximate surface area is 74.3 Å². The fraction of sp³-hybridized carbons (Fsp3) is 1.00. The third-order valence-corrected chi connectivity index (χ3v) is 2.53. The van der Waals surface area contributed by atoms with E-state index in [0.29, 0.717) is 6.54 Å². The molecule has 0 atom stereocenters. The highest BCUT2D eigenvalue weighted by atomic mass is 32.2. The van der Waals surface area contributed by atoms with Crippen molar-refractivity contribution < 1.29 is 13.0 Å². The van der Waals surface area contributed by atoms with Gasteiger partial charge in [0.15, 0.2) is 0 Å². The van der Waals surface area contributed by atoms with Crippen LogP contribution in [0.4, 0.5) is 0 Å². The van der Waals surface area contributed by atoms with Crippen molar-refractivity contribution in [1.29, 1.82) is 0 Å². The normalized spacial score (nSPS) is 13.8. The van der Waals surface area contributed by atoms with Crippen molar-refractivity contribution in [2.45, 2.75) is 26.3 Å². The molecule has 74 valence electrons. The first-order chi connectivity index (χ1) is 5.13. The number of nitrogens with zero attached hydrogens (tertiary/aromatic N) is 1. The Morgan fingerprint density at radius 1 is 1.33 bits per heavy atom. The lowest BCUT2D eigenvalue weighted by molar-refractivity contribution is 0.185. The largest absolute Gasteiger partial charge is 0.300 e. The Kier molecular flexibility index (Phi) is 3.68. The first-order valence-corrected chi connectivity index (χ1v) is 5.40. The Bertz CT molecular complexity index is 228. The summed E-state index contributed by atoms with van der Waals surface area (Å²) in [5, 5.41) is 0. The van der Waals surface area contributed by atoms with Crippen LogP contribution >= 0.6 is 0 Å². The van der Waals surface area contributed by atoms with Gasteiger partial charge in [-0.15, -0.1) is 0 Å². The van der Waals surface area contributed by atoms with Crippen LogP contribution in [0.15, 0.2) is 0 Å². The van der Waals surface area contributed by atoms with E-state index in [1.165, 1.54) is 0 Å². The van der Waals surface area contributed by atoms with Crippen LogP contribution in [0.25, 0.3) is 0 Å². The average molecular weight is 195 g/mol. The molecule has 0 amide bonds. The third kappa shape index (κ3) is 5.51. The van der Waals surface area contributed by atoms with Crippen molar-refractivity contribution in [3.05, 3.63) is 0 Å². The van der Waals surface area contributed by atoms with Crippen LogP contribution in [-0.4, -0.2) is 42.8 Å². The van der Waals surface area contributed by atoms with Gasteiger partial charge in [-0.25, -0.2) is 0 Å². The molecule has 0 heterocycles. The maximum absolute atomic E-state index is 10.4. The van der Waals surface area contributed by atoms with E-state index < -0.39 is 10.1 Å². The van der Waals surface area contributed by atoms with Crippen LogP contribution in [0, 0.1) is 0 Å². The molecule has 1 N–H and O–H groups in total. The molecule has 0 aliphatic carbocycles. The summed E-state index contributed by atoms with van der Waals surface area (Å²) in [7, 11) is -2.00. The first-order valence-electron chi connectivity index (χ1n) is 3.79. The van der Waals surface area contributed by atoms with Crippen LogP contribution in [0.1, 0.15) is 20.8 Å². The lowest BCUT2D eigenvalue weighted by atomic mass is 10.1. The molecule has 0 saturated carbocycles. The average Bonchev–Trinajstić information content (AvgIpc) is 1.78. The predicted octanol–water partition coefficient (Wildman–Crippen LogP) is 0.605. The van der Waals surface area contributed by atoms with Gasteiger partial charge in [0.25, 0.3) is 10.1 Å². The van der Waals surface area contributed by atoms with Crippen molar-refractivity contribution in [2.24, 2.45) is 0 Å². The summed E-state index contributed by atoms with van der Waals surface area (Å²) < 4.78 is 29.3. The number of rotatable bonds is 3. The summed E-state index contributed by atoms with van der Waals surface area (Å²) in [6.07, 6.45) is 0. The Balaban J connectivity index is 3.97. The van der Waals surface area contributed by atoms with E-state index in [0.717, 1.165) is 0 Å². The molecule has 0 aromatic carbocycles. The van der Waals surface area contributed by atoms with E-state index in [-0.39, 0.29) is 11.3 Å². The Morgan fingerprint density at radius 3 is 2.00 bits per heavy atom. The lowest BCUT2D eigenvalue weighted by Gasteiger charge is -2.31. The summed E-state index contributed by atoms with van der Waals surface area (Å²) in [6, 6.07) is 0. The maximum atomic E-state index is 10.4. The highest BCUT2D eigenvalue weighted by Crippen LogP contribution is 2.09. The summed E-state index contributed by atoms with van der Waals surface area (Å²) >= 11 is 0. The van der Waals surface area contributed by atoms with Crippen molar-refractivity contribution >= 4 is 10.1 Å². The van der Waals surface area contributed by atoms with Crippen LogP contribution in [0.2, 0.25) is 0 Å². The molecule has 0 radical (unpaired) electrons. The van der Waals surface area contributed by atoms with Gasteiger partial charge in [0.1, 0.15) is 0 Å². The van der Waals surface area contributed by atoms with Crippen LogP contribution in [0.5, 0.6) is 0 Å². The fourth-order valence-corrected chi connectivity index (χ4v) is 1.09. The monoisotopic (exact) mass is 195 g/mol. The van der Waals surface area contributed by atoms with E-state index in [1.54, 1.807) is 0 Å². The van der Waals surface area contributed by atoms with Crippen LogP contribution < -0.4 is 0 Å². The number of hydrogen-bond acceptors (Lipinski definition) is 3. The molecule has 0 aromatic rings. The second kappa shape index (κ2) is 3.72. The van der Waals surface area contributed by atoms with Crippen molar-refractivity contribution in [1.82, 2.24) is 4.90 Å². The summed E-state index contributed by atoms with van der Waals surface area (Å²) in [5.41, 5.74) is -0.0648. The minimum atomic E-state index is -3.82. The molecule has 0 spiro atoms. The minimum absolute atomic E-state index is 0.0648. The molecule has 12 heavy (non-hydrogen) atoms. The topological polar surface area (TPSA) is 57.6 Å². The summed E-state index contributed by atoms with van der Waals surface area (Å²) in [5.74, 6) is -0.208. The maximum Gasteiger partial charge on any atom is 0.266 e. The molecule has 0 unspecified atom stereocenters. The Morgan fingerprint density at radius 2 is 1.75 bits per heavy atom. The highest BCUT2D eigenvalue weighted by molar-refractivity contribution is 7.85. The first kappa shape index (κ1) is 11.9. The van der Waals surface area contributed by atoms with Gasteiger partial charge >= 0.3 is 0 Å². The molecular weight excluding hydrogens is 178 g/mol. The predicted molar refractivity (Wildman–Crippen MR) is 48.8 cm³/mol. The standard InChI is InChI=1S/C7H17NO3S/c1-7(2,3)8(4)5-6-12(9,10)11/h5-6H2,1-4H3,(H,9,10,11). The van der Waals surface area contributed by atoms with E-state index in [9.17, 15) is 8.42 Å². The molecule has 0 rings (SSSR count). The van der Waals surface area contributed by atoms with Gasteiger partial charge in [0.2, 0.25) is 0 Å². The van der Waals surface area contributed by atoms with E-state index >= 15 is 0 Å². The molecule has 4 nitrogen and oxygen atoms in total. The smallest absolute Gasteiger partial charge is 0.266 e. The zero-order valence-corrected chi connectivity index (χ0v) is 8.85. The summed E-state index contributed by atoms with van der Waals surface area (Å²) in [6.45, 7) is 6.30. The molecular formula is C7H17NO3S. The molecule has 5 heteroatoms. The van der Waals surface area contributed by atoms with Crippen molar-refractivity contribution in [3.63, 3.8) is 0 Å². The van der Waals surface area contributed by atoms with Crippen molar-refractivity contribution in [2.75, 3.05) is 19.3 Å². The van der Waals surface area contributed by atoms with Gasteiger partial charge in [-0.1, -0.05) is 0 Å². The van der Waals surface area contributed by atoms with Crippen LogP contribution in [0.3, 0.4) is 0 Å². The quantitative estimate of drug-likeness (QED) is 0.670. The van der Waals surface area contributed by atoms with Gasteiger partial charge in [-0.3, -0.25) is 4.55 Å². The van der Waals surface area contributed by atoms with Gasteiger partial charge in [-0.05, 0) is 27.8 Å². The minimum Gasteiger partial charge on any atom is -0.300 e. The Hall–Kier alpha value is -0.130. The van der Waals surface area contributed by atoms with Crippen LogP contribution in [-0.2, 0) is 10.1 Å². The third-order valence-electron chi connectivity index (χ3n) is 1.83. The summed E-state index contributed by atoms with van der Waals surface area (Å²) in [4.78, 5) is 1.88. The van der Waals surface area contributed by atoms with E-state index in [2.05, 4.69) is 0 Å². The van der Waals surface area contributed by atoms with Gasteiger partial charge in [-0.2, -0.15) is 8.42 Å². The van der Waals surface area contributed by atoms with E-state index in [1.807, 2.05) is 32.7 Å². The van der Waals surface area contributed by atoms with Gasteiger partial charge in [0, 0.05) is 12.1 Å². The second-order valence-electron chi connectivity index (χ2n) is 3.88. The highest BCUT2D eigenvalue weighted by Gasteiger charge is 2.18. The number of hydrogen-bond donors (Lipinski definition) is 1. The molecule has 0 saturated heterocycles.